The lowest BCUT2D eigenvalue weighted by Gasteiger charge is -2.20. The maximum absolute atomic E-state index is 8.68. The minimum Gasteiger partial charge on any atom is -0.492 e. The van der Waals surface area contributed by atoms with Gasteiger partial charge in [0.15, 0.2) is 0 Å². The third-order valence-electron chi connectivity index (χ3n) is 3.41. The van der Waals surface area contributed by atoms with E-state index in [4.69, 9.17) is 15.7 Å². The highest BCUT2D eigenvalue weighted by molar-refractivity contribution is 5.38. The summed E-state index contributed by atoms with van der Waals surface area (Å²) in [7, 11) is 0. The number of nitrogens with two attached hydrogens (primary N) is 1. The second kappa shape index (κ2) is 8.32. The molecule has 2 N–H and O–H groups in total. The van der Waals surface area contributed by atoms with Crippen molar-refractivity contribution >= 4 is 0 Å². The molecular formula is C17H21N3O. The highest BCUT2D eigenvalue weighted by atomic mass is 16.5. The van der Waals surface area contributed by atoms with E-state index in [1.54, 1.807) is 0 Å². The Morgan fingerprint density at radius 1 is 1.24 bits per heavy atom. The molecule has 1 aliphatic rings. The molecule has 4 nitrogen and oxygen atoms in total. The molecule has 0 radical (unpaired) electrons. The van der Waals surface area contributed by atoms with Gasteiger partial charge in [-0.3, -0.25) is 4.90 Å². The molecule has 0 heterocycles. The van der Waals surface area contributed by atoms with Crippen LogP contribution in [0.15, 0.2) is 24.3 Å². The number of rotatable bonds is 7. The smallest absolute Gasteiger partial charge is 0.119 e. The fourth-order valence-electron chi connectivity index (χ4n) is 2.18. The maximum Gasteiger partial charge on any atom is 0.119 e. The summed E-state index contributed by atoms with van der Waals surface area (Å²) >= 11 is 0. The Bertz CT molecular complexity index is 532. The zero-order valence-corrected chi connectivity index (χ0v) is 12.2. The summed E-state index contributed by atoms with van der Waals surface area (Å²) in [6.45, 7) is 2.74. The Morgan fingerprint density at radius 3 is 2.62 bits per heavy atom. The number of benzene rings is 1. The molecule has 1 saturated carbocycles. The van der Waals surface area contributed by atoms with Gasteiger partial charge in [0.1, 0.15) is 12.4 Å². The van der Waals surface area contributed by atoms with E-state index in [0.29, 0.717) is 25.6 Å². The number of nitriles is 1. The second-order valence-corrected chi connectivity index (χ2v) is 5.05. The molecule has 21 heavy (non-hydrogen) atoms. The largest absolute Gasteiger partial charge is 0.492 e. The highest BCUT2D eigenvalue weighted by Gasteiger charge is 2.28. The Morgan fingerprint density at radius 2 is 2.00 bits per heavy atom. The van der Waals surface area contributed by atoms with Gasteiger partial charge in [-0.2, -0.15) is 5.26 Å². The van der Waals surface area contributed by atoms with Crippen molar-refractivity contribution in [3.05, 3.63) is 29.8 Å². The normalized spacial score (nSPS) is 13.4. The minimum absolute atomic E-state index is 0.373. The quantitative estimate of drug-likeness (QED) is 0.774. The highest BCUT2D eigenvalue weighted by Crippen LogP contribution is 2.26. The molecule has 110 valence electrons. The first kappa shape index (κ1) is 15.4. The van der Waals surface area contributed by atoms with Crippen LogP contribution in [0.3, 0.4) is 0 Å². The Hall–Kier alpha value is -2.01. The van der Waals surface area contributed by atoms with Crippen molar-refractivity contribution < 1.29 is 4.74 Å². The van der Waals surface area contributed by atoms with E-state index in [-0.39, 0.29) is 0 Å². The zero-order chi connectivity index (χ0) is 14.9. The van der Waals surface area contributed by atoms with E-state index in [9.17, 15) is 0 Å². The summed E-state index contributed by atoms with van der Waals surface area (Å²) in [6, 6.07) is 10.6. The molecule has 0 amide bonds. The van der Waals surface area contributed by atoms with Gasteiger partial charge in [0.2, 0.25) is 0 Å². The van der Waals surface area contributed by atoms with Gasteiger partial charge < -0.3 is 10.5 Å². The van der Waals surface area contributed by atoms with Crippen molar-refractivity contribution in [1.82, 2.24) is 4.90 Å². The Labute approximate surface area is 126 Å². The average Bonchev–Trinajstić information content (AvgIpc) is 3.34. The molecule has 0 atom stereocenters. The predicted octanol–water partition coefficient (Wildman–Crippen LogP) is 1.75. The third kappa shape index (κ3) is 5.47. The summed E-state index contributed by atoms with van der Waals surface area (Å²) in [5.41, 5.74) is 6.29. The molecule has 1 aromatic carbocycles. The topological polar surface area (TPSA) is 62.3 Å². The molecule has 1 aromatic rings. The summed E-state index contributed by atoms with van der Waals surface area (Å²) < 4.78 is 5.76. The van der Waals surface area contributed by atoms with Crippen molar-refractivity contribution in [3.63, 3.8) is 0 Å². The SMILES string of the molecule is N#CCCN(CCOc1ccc(C#CCN)cc1)C1CC1. The molecule has 4 heteroatoms. The first-order valence-electron chi connectivity index (χ1n) is 7.36. The van der Waals surface area contributed by atoms with Crippen molar-refractivity contribution in [2.75, 3.05) is 26.2 Å². The number of hydrogen-bond acceptors (Lipinski definition) is 4. The molecule has 1 fully saturated rings. The lowest BCUT2D eigenvalue weighted by Crippen LogP contribution is -2.31. The van der Waals surface area contributed by atoms with Crippen LogP contribution >= 0.6 is 0 Å². The fraction of sp³-hybridized carbons (Fsp3) is 0.471. The van der Waals surface area contributed by atoms with E-state index < -0.39 is 0 Å². The summed E-state index contributed by atoms with van der Waals surface area (Å²) in [5.74, 6) is 6.66. The standard InChI is InChI=1S/C17H21N3O/c18-10-1-3-15-4-8-17(9-5-15)21-14-13-20(12-2-11-19)16-6-7-16/h4-5,8-9,16H,2,6-7,10,12-14,18H2. The van der Waals surface area contributed by atoms with Crippen LogP contribution in [0.2, 0.25) is 0 Å². The van der Waals surface area contributed by atoms with Gasteiger partial charge in [-0.1, -0.05) is 11.8 Å². The average molecular weight is 283 g/mol. The minimum atomic E-state index is 0.373. The maximum atomic E-state index is 8.68. The van der Waals surface area contributed by atoms with Crippen LogP contribution in [0, 0.1) is 23.2 Å². The predicted molar refractivity (Wildman–Crippen MR) is 82.7 cm³/mol. The van der Waals surface area contributed by atoms with Crippen molar-refractivity contribution in [1.29, 1.82) is 5.26 Å². The van der Waals surface area contributed by atoms with Crippen LogP contribution in [0.4, 0.5) is 0 Å². The monoisotopic (exact) mass is 283 g/mol. The van der Waals surface area contributed by atoms with Crippen LogP contribution in [-0.4, -0.2) is 37.2 Å². The summed E-state index contributed by atoms with van der Waals surface area (Å²) in [4.78, 5) is 2.35. The fourth-order valence-corrected chi connectivity index (χ4v) is 2.18. The number of hydrogen-bond donors (Lipinski definition) is 1. The van der Waals surface area contributed by atoms with E-state index in [1.165, 1.54) is 12.8 Å². The van der Waals surface area contributed by atoms with E-state index in [1.807, 2.05) is 24.3 Å². The third-order valence-corrected chi connectivity index (χ3v) is 3.41. The van der Waals surface area contributed by atoms with Gasteiger partial charge in [-0.15, -0.1) is 0 Å². The van der Waals surface area contributed by atoms with Crippen molar-refractivity contribution in [3.8, 4) is 23.7 Å². The lowest BCUT2D eigenvalue weighted by molar-refractivity contribution is 0.204. The van der Waals surface area contributed by atoms with E-state index >= 15 is 0 Å². The lowest BCUT2D eigenvalue weighted by atomic mass is 10.2. The molecule has 0 spiro atoms. The van der Waals surface area contributed by atoms with Crippen molar-refractivity contribution in [2.24, 2.45) is 5.73 Å². The Kier molecular flexibility index (Phi) is 6.09. The van der Waals surface area contributed by atoms with Crippen molar-refractivity contribution in [2.45, 2.75) is 25.3 Å². The van der Waals surface area contributed by atoms with Gasteiger partial charge in [0.25, 0.3) is 0 Å². The zero-order valence-electron chi connectivity index (χ0n) is 12.2. The summed E-state index contributed by atoms with van der Waals surface area (Å²) in [5, 5.41) is 8.68. The molecule has 1 aliphatic carbocycles. The van der Waals surface area contributed by atoms with Crippen LogP contribution in [-0.2, 0) is 0 Å². The Balaban J connectivity index is 1.75. The van der Waals surface area contributed by atoms with Crippen LogP contribution in [0.1, 0.15) is 24.8 Å². The first-order valence-corrected chi connectivity index (χ1v) is 7.36. The first-order chi connectivity index (χ1) is 10.3. The van der Waals surface area contributed by atoms with Gasteiger partial charge in [-0.05, 0) is 37.1 Å². The molecule has 0 aromatic heterocycles. The number of nitrogens with zero attached hydrogens (tertiary/aromatic N) is 2. The summed E-state index contributed by atoms with van der Waals surface area (Å²) in [6.07, 6.45) is 3.09. The van der Waals surface area contributed by atoms with Crippen LogP contribution < -0.4 is 10.5 Å². The molecule has 0 saturated heterocycles. The van der Waals surface area contributed by atoms with Crippen LogP contribution in [0.5, 0.6) is 5.75 Å². The van der Waals surface area contributed by atoms with Gasteiger partial charge in [0.05, 0.1) is 12.6 Å². The molecule has 0 aliphatic heterocycles. The molecule has 2 rings (SSSR count). The van der Waals surface area contributed by atoms with E-state index in [2.05, 4.69) is 22.8 Å². The second-order valence-electron chi connectivity index (χ2n) is 5.05. The van der Waals surface area contributed by atoms with E-state index in [0.717, 1.165) is 24.4 Å². The van der Waals surface area contributed by atoms with Crippen LogP contribution in [0.25, 0.3) is 0 Å². The van der Waals surface area contributed by atoms with Gasteiger partial charge >= 0.3 is 0 Å². The molecule has 0 unspecified atom stereocenters. The molecule has 0 bridgehead atoms. The molecular weight excluding hydrogens is 262 g/mol. The van der Waals surface area contributed by atoms with Gasteiger partial charge in [-0.25, -0.2) is 0 Å². The van der Waals surface area contributed by atoms with Gasteiger partial charge in [0, 0.05) is 31.1 Å². The number of ether oxygens (including phenoxy) is 1.